The molecule has 0 aliphatic rings. The zero-order valence-electron chi connectivity index (χ0n) is 11.3. The van der Waals surface area contributed by atoms with Crippen LogP contribution in [-0.2, 0) is 11.2 Å². The first kappa shape index (κ1) is 14.5. The Morgan fingerprint density at radius 3 is 2.50 bits per heavy atom. The molecular formula is C15H21NO2. The Kier molecular flexibility index (Phi) is 5.59. The topological polar surface area (TPSA) is 40.5 Å². The molecule has 0 fully saturated rings. The molecule has 1 aromatic carbocycles. The molecule has 0 aliphatic heterocycles. The largest absolute Gasteiger partial charge is 0.394 e. The predicted molar refractivity (Wildman–Crippen MR) is 74.2 cm³/mol. The Balaban J connectivity index is 2.65. The summed E-state index contributed by atoms with van der Waals surface area (Å²) in [5, 5.41) is 8.98. The molecule has 3 nitrogen and oxygen atoms in total. The smallest absolute Gasteiger partial charge is 0.246 e. The van der Waals surface area contributed by atoms with E-state index >= 15 is 0 Å². The summed E-state index contributed by atoms with van der Waals surface area (Å²) in [5.74, 6) is -0.101. The molecule has 98 valence electrons. The van der Waals surface area contributed by atoms with Gasteiger partial charge in [-0.25, -0.2) is 0 Å². The number of carbonyl (C=O) groups excluding carboxylic acids is 1. The minimum Gasteiger partial charge on any atom is -0.394 e. The summed E-state index contributed by atoms with van der Waals surface area (Å²) in [4.78, 5) is 13.3. The third-order valence-corrected chi connectivity index (χ3v) is 3.08. The van der Waals surface area contributed by atoms with Crippen LogP contribution in [0.2, 0.25) is 0 Å². The highest BCUT2D eigenvalue weighted by molar-refractivity contribution is 5.91. The van der Waals surface area contributed by atoms with Gasteiger partial charge in [0.15, 0.2) is 0 Å². The molecule has 0 saturated carbocycles. The number of aliphatic hydroxyl groups excluding tert-OH is 1. The summed E-state index contributed by atoms with van der Waals surface area (Å²) in [7, 11) is 1.69. The fraction of sp³-hybridized carbons (Fsp3) is 0.400. The van der Waals surface area contributed by atoms with Crippen LogP contribution in [0, 0.1) is 0 Å². The highest BCUT2D eigenvalue weighted by Gasteiger charge is 2.11. The number of carbonyl (C=O) groups is 1. The van der Waals surface area contributed by atoms with Crippen molar-refractivity contribution < 1.29 is 9.90 Å². The maximum atomic E-state index is 11.8. The van der Waals surface area contributed by atoms with Crippen molar-refractivity contribution in [1.82, 2.24) is 4.90 Å². The first-order valence-electron chi connectivity index (χ1n) is 6.23. The van der Waals surface area contributed by atoms with E-state index in [2.05, 4.69) is 19.1 Å². The standard InChI is InChI=1S/C15H21NO2/c1-4-13-5-7-14(8-6-13)9-10-15(18)16(3)12(2)11-17/h5-10,12,17H,4,11H2,1-3H3/b10-9+. The predicted octanol–water partition coefficient (Wildman–Crippen LogP) is 2.10. The molecule has 1 unspecified atom stereocenters. The number of nitrogens with zero attached hydrogens (tertiary/aromatic N) is 1. The molecule has 0 spiro atoms. The number of rotatable bonds is 5. The minimum atomic E-state index is -0.162. The summed E-state index contributed by atoms with van der Waals surface area (Å²) in [5.41, 5.74) is 2.29. The van der Waals surface area contributed by atoms with Gasteiger partial charge in [-0.15, -0.1) is 0 Å². The van der Waals surface area contributed by atoms with Gasteiger partial charge < -0.3 is 10.0 Å². The van der Waals surface area contributed by atoms with Crippen molar-refractivity contribution in [3.05, 3.63) is 41.5 Å². The molecule has 0 aromatic heterocycles. The molecule has 1 rings (SSSR count). The van der Waals surface area contributed by atoms with E-state index in [-0.39, 0.29) is 18.6 Å². The highest BCUT2D eigenvalue weighted by atomic mass is 16.3. The summed E-state index contributed by atoms with van der Waals surface area (Å²) >= 11 is 0. The quantitative estimate of drug-likeness (QED) is 0.809. The average Bonchev–Trinajstić information content (AvgIpc) is 2.43. The number of hydrogen-bond donors (Lipinski definition) is 1. The Morgan fingerprint density at radius 1 is 1.39 bits per heavy atom. The van der Waals surface area contributed by atoms with Crippen molar-refractivity contribution in [2.45, 2.75) is 26.3 Å². The maximum absolute atomic E-state index is 11.8. The van der Waals surface area contributed by atoms with Gasteiger partial charge in [-0.1, -0.05) is 31.2 Å². The molecule has 1 aromatic rings. The second kappa shape index (κ2) is 6.97. The van der Waals surface area contributed by atoms with E-state index in [0.29, 0.717) is 0 Å². The number of benzene rings is 1. The van der Waals surface area contributed by atoms with Crippen LogP contribution in [0.4, 0.5) is 0 Å². The van der Waals surface area contributed by atoms with Crippen LogP contribution < -0.4 is 0 Å². The van der Waals surface area contributed by atoms with Gasteiger partial charge in [0, 0.05) is 13.1 Å². The van der Waals surface area contributed by atoms with Crippen LogP contribution in [0.25, 0.3) is 6.08 Å². The normalized spacial score (nSPS) is 12.7. The van der Waals surface area contributed by atoms with E-state index in [0.717, 1.165) is 12.0 Å². The maximum Gasteiger partial charge on any atom is 0.246 e. The van der Waals surface area contributed by atoms with Crippen molar-refractivity contribution in [2.24, 2.45) is 0 Å². The van der Waals surface area contributed by atoms with Gasteiger partial charge in [0.1, 0.15) is 0 Å². The average molecular weight is 247 g/mol. The van der Waals surface area contributed by atoms with Gasteiger partial charge in [-0.3, -0.25) is 4.79 Å². The van der Waals surface area contributed by atoms with Crippen LogP contribution in [-0.4, -0.2) is 35.6 Å². The lowest BCUT2D eigenvalue weighted by Gasteiger charge is -2.21. The van der Waals surface area contributed by atoms with Gasteiger partial charge in [0.25, 0.3) is 0 Å². The van der Waals surface area contributed by atoms with Gasteiger partial charge >= 0.3 is 0 Å². The van der Waals surface area contributed by atoms with Crippen LogP contribution in [0.1, 0.15) is 25.0 Å². The number of aliphatic hydroxyl groups is 1. The van der Waals surface area contributed by atoms with E-state index in [9.17, 15) is 4.79 Å². The molecule has 0 radical (unpaired) electrons. The third-order valence-electron chi connectivity index (χ3n) is 3.08. The van der Waals surface area contributed by atoms with Crippen LogP contribution >= 0.6 is 0 Å². The number of aryl methyl sites for hydroxylation is 1. The number of amides is 1. The minimum absolute atomic E-state index is 0.0265. The molecule has 1 N–H and O–H groups in total. The molecular weight excluding hydrogens is 226 g/mol. The summed E-state index contributed by atoms with van der Waals surface area (Å²) in [6, 6.07) is 7.95. The van der Waals surface area contributed by atoms with Crippen molar-refractivity contribution in [3.8, 4) is 0 Å². The van der Waals surface area contributed by atoms with Crippen molar-refractivity contribution in [3.63, 3.8) is 0 Å². The zero-order valence-corrected chi connectivity index (χ0v) is 11.3. The zero-order chi connectivity index (χ0) is 13.5. The van der Waals surface area contributed by atoms with Crippen molar-refractivity contribution in [1.29, 1.82) is 0 Å². The molecule has 1 amide bonds. The van der Waals surface area contributed by atoms with Gasteiger partial charge in [0.05, 0.1) is 12.6 Å². The molecule has 0 saturated heterocycles. The molecule has 0 bridgehead atoms. The first-order valence-corrected chi connectivity index (χ1v) is 6.23. The van der Waals surface area contributed by atoms with Crippen molar-refractivity contribution in [2.75, 3.05) is 13.7 Å². The number of likely N-dealkylation sites (N-methyl/N-ethyl adjacent to an activating group) is 1. The van der Waals surface area contributed by atoms with Crippen LogP contribution in [0.3, 0.4) is 0 Å². The second-order valence-corrected chi connectivity index (χ2v) is 4.41. The summed E-state index contributed by atoms with van der Waals surface area (Å²) in [6.45, 7) is 3.89. The molecule has 0 aliphatic carbocycles. The van der Waals surface area contributed by atoms with Gasteiger partial charge in [-0.2, -0.15) is 0 Å². The fourth-order valence-electron chi connectivity index (χ4n) is 1.49. The Bertz CT molecular complexity index is 409. The molecule has 18 heavy (non-hydrogen) atoms. The molecule has 3 heteroatoms. The second-order valence-electron chi connectivity index (χ2n) is 4.41. The van der Waals surface area contributed by atoms with Crippen molar-refractivity contribution >= 4 is 12.0 Å². The Hall–Kier alpha value is -1.61. The molecule has 1 atom stereocenters. The summed E-state index contributed by atoms with van der Waals surface area (Å²) in [6.07, 6.45) is 4.34. The van der Waals surface area contributed by atoms with Crippen LogP contribution in [0.5, 0.6) is 0 Å². The lowest BCUT2D eigenvalue weighted by molar-refractivity contribution is -0.127. The third kappa shape index (κ3) is 4.00. The fourth-order valence-corrected chi connectivity index (χ4v) is 1.49. The first-order chi connectivity index (χ1) is 8.58. The van der Waals surface area contributed by atoms with E-state index in [4.69, 9.17) is 5.11 Å². The Morgan fingerprint density at radius 2 is 2.00 bits per heavy atom. The van der Waals surface area contributed by atoms with E-state index in [1.807, 2.05) is 19.1 Å². The summed E-state index contributed by atoms with van der Waals surface area (Å²) < 4.78 is 0. The van der Waals surface area contributed by atoms with E-state index < -0.39 is 0 Å². The van der Waals surface area contributed by atoms with Crippen LogP contribution in [0.15, 0.2) is 30.3 Å². The molecule has 0 heterocycles. The van der Waals surface area contributed by atoms with Gasteiger partial charge in [0.2, 0.25) is 5.91 Å². The lowest BCUT2D eigenvalue weighted by atomic mass is 10.1. The monoisotopic (exact) mass is 247 g/mol. The van der Waals surface area contributed by atoms with E-state index in [1.54, 1.807) is 13.1 Å². The SMILES string of the molecule is CCc1ccc(/C=C/C(=O)N(C)C(C)CO)cc1. The highest BCUT2D eigenvalue weighted by Crippen LogP contribution is 2.07. The number of hydrogen-bond acceptors (Lipinski definition) is 2. The Labute approximate surface area is 109 Å². The van der Waals surface area contributed by atoms with Gasteiger partial charge in [-0.05, 0) is 30.5 Å². The lowest BCUT2D eigenvalue weighted by Crippen LogP contribution is -2.36. The van der Waals surface area contributed by atoms with E-state index in [1.165, 1.54) is 16.5 Å².